The van der Waals surface area contributed by atoms with Crippen molar-refractivity contribution in [3.63, 3.8) is 0 Å². The van der Waals surface area contributed by atoms with Crippen LogP contribution in [-0.4, -0.2) is 39.7 Å². The van der Waals surface area contributed by atoms with Crippen LogP contribution < -0.4 is 5.56 Å². The van der Waals surface area contributed by atoms with Crippen LogP contribution in [0.1, 0.15) is 49.5 Å². The van der Waals surface area contributed by atoms with Crippen molar-refractivity contribution in [3.8, 4) is 0 Å². The highest BCUT2D eigenvalue weighted by Gasteiger charge is 2.25. The Kier molecular flexibility index (Phi) is 4.58. The number of likely N-dealkylation sites (N-methyl/N-ethyl adjacent to an activating group) is 1. The Labute approximate surface area is 140 Å². The van der Waals surface area contributed by atoms with E-state index in [2.05, 4.69) is 11.9 Å². The third kappa shape index (κ3) is 2.95. The van der Waals surface area contributed by atoms with Gasteiger partial charge in [0.2, 0.25) is 0 Å². The predicted molar refractivity (Wildman–Crippen MR) is 94.2 cm³/mol. The van der Waals surface area contributed by atoms with E-state index in [1.807, 2.05) is 25.8 Å². The minimum atomic E-state index is -0.0488. The van der Waals surface area contributed by atoms with Crippen molar-refractivity contribution in [2.24, 2.45) is 5.92 Å². The van der Waals surface area contributed by atoms with Crippen LogP contribution in [0.3, 0.4) is 0 Å². The molecule has 0 fully saturated rings. The zero-order valence-corrected chi connectivity index (χ0v) is 15.0. The normalized spacial score (nSPS) is 20.7. The molecule has 3 unspecified atom stereocenters. The smallest absolute Gasteiger partial charge is 0.259 e. The zero-order chi connectivity index (χ0) is 16.7. The summed E-state index contributed by atoms with van der Waals surface area (Å²) >= 11 is 1.68. The minimum absolute atomic E-state index is 0.0170. The first-order chi connectivity index (χ1) is 10.9. The van der Waals surface area contributed by atoms with E-state index in [0.717, 1.165) is 29.5 Å². The predicted octanol–water partition coefficient (Wildman–Crippen LogP) is 2.48. The van der Waals surface area contributed by atoms with Crippen LogP contribution >= 0.6 is 11.3 Å². The highest BCUT2D eigenvalue weighted by Crippen LogP contribution is 2.36. The van der Waals surface area contributed by atoms with Crippen LogP contribution in [0.4, 0.5) is 0 Å². The molecule has 0 amide bonds. The molecule has 3 rings (SSSR count). The number of aliphatic hydroxyl groups excluding tert-OH is 1. The highest BCUT2D eigenvalue weighted by atomic mass is 32.1. The first-order valence-electron chi connectivity index (χ1n) is 8.29. The van der Waals surface area contributed by atoms with Crippen LogP contribution in [0, 0.1) is 5.92 Å². The first kappa shape index (κ1) is 16.6. The number of aromatic nitrogens is 2. The molecule has 0 saturated carbocycles. The second-order valence-electron chi connectivity index (χ2n) is 6.86. The van der Waals surface area contributed by atoms with E-state index in [9.17, 15) is 9.90 Å². The first-order valence-corrected chi connectivity index (χ1v) is 9.11. The number of thiophene rings is 1. The van der Waals surface area contributed by atoms with Crippen LogP contribution in [-0.2, 0) is 12.8 Å². The summed E-state index contributed by atoms with van der Waals surface area (Å²) in [5, 5.41) is 10.1. The SMILES string of the molecule is CC1CCc2c(sc3nc(C(C)N(C)C(C)CO)[nH]c(=O)c23)C1. The molecule has 2 heterocycles. The van der Waals surface area contributed by atoms with Crippen LogP contribution in [0.25, 0.3) is 10.2 Å². The summed E-state index contributed by atoms with van der Waals surface area (Å²) in [6.07, 6.45) is 3.19. The Morgan fingerprint density at radius 3 is 2.91 bits per heavy atom. The quantitative estimate of drug-likeness (QED) is 0.901. The molecule has 23 heavy (non-hydrogen) atoms. The van der Waals surface area contributed by atoms with Gasteiger partial charge in [-0.1, -0.05) is 6.92 Å². The molecule has 2 aromatic heterocycles. The maximum Gasteiger partial charge on any atom is 0.259 e. The average Bonchev–Trinajstić information content (AvgIpc) is 2.90. The van der Waals surface area contributed by atoms with Gasteiger partial charge < -0.3 is 10.1 Å². The molecule has 6 heteroatoms. The fraction of sp³-hybridized carbons (Fsp3) is 0.647. The summed E-state index contributed by atoms with van der Waals surface area (Å²) in [5.74, 6) is 1.36. The van der Waals surface area contributed by atoms with Gasteiger partial charge in [0.05, 0.1) is 18.0 Å². The Morgan fingerprint density at radius 1 is 1.48 bits per heavy atom. The number of hydrogen-bond acceptors (Lipinski definition) is 5. The molecule has 0 aliphatic heterocycles. The summed E-state index contributed by atoms with van der Waals surface area (Å²) in [6.45, 7) is 6.31. The molecule has 126 valence electrons. The lowest BCUT2D eigenvalue weighted by Gasteiger charge is -2.28. The molecular weight excluding hydrogens is 310 g/mol. The topological polar surface area (TPSA) is 69.2 Å². The van der Waals surface area contributed by atoms with Crippen molar-refractivity contribution in [1.82, 2.24) is 14.9 Å². The lowest BCUT2D eigenvalue weighted by molar-refractivity contribution is 0.123. The molecule has 0 aromatic carbocycles. The maximum atomic E-state index is 12.6. The van der Waals surface area contributed by atoms with Crippen LogP contribution in [0.15, 0.2) is 4.79 Å². The van der Waals surface area contributed by atoms with Gasteiger partial charge in [-0.2, -0.15) is 0 Å². The highest BCUT2D eigenvalue weighted by molar-refractivity contribution is 7.18. The summed E-state index contributed by atoms with van der Waals surface area (Å²) in [7, 11) is 1.94. The summed E-state index contributed by atoms with van der Waals surface area (Å²) < 4.78 is 0. The molecule has 0 bridgehead atoms. The van der Waals surface area contributed by atoms with Gasteiger partial charge in [-0.3, -0.25) is 9.69 Å². The van der Waals surface area contributed by atoms with Crippen LogP contribution in [0.2, 0.25) is 0 Å². The van der Waals surface area contributed by atoms with E-state index in [-0.39, 0.29) is 24.2 Å². The molecule has 2 aromatic rings. The van der Waals surface area contributed by atoms with E-state index in [1.165, 1.54) is 10.4 Å². The Balaban J connectivity index is 2.04. The Bertz CT molecular complexity index is 767. The second kappa shape index (κ2) is 6.34. The van der Waals surface area contributed by atoms with Gasteiger partial charge >= 0.3 is 0 Å². The molecule has 2 N–H and O–H groups in total. The molecule has 1 aliphatic carbocycles. The Morgan fingerprint density at radius 2 is 2.22 bits per heavy atom. The molecule has 0 saturated heterocycles. The summed E-state index contributed by atoms with van der Waals surface area (Å²) in [6, 6.07) is -0.0318. The largest absolute Gasteiger partial charge is 0.395 e. The standard InChI is InChI=1S/C17H25N3O2S/c1-9-5-6-12-13(7-9)23-17-14(12)16(22)18-15(19-17)11(3)20(4)10(2)8-21/h9-11,21H,5-8H2,1-4H3,(H,18,19,22). The zero-order valence-electron chi connectivity index (χ0n) is 14.2. The molecule has 0 radical (unpaired) electrons. The van der Waals surface area contributed by atoms with Gasteiger partial charge in [-0.25, -0.2) is 4.98 Å². The van der Waals surface area contributed by atoms with Gasteiger partial charge in [0.25, 0.3) is 5.56 Å². The molecule has 0 spiro atoms. The lowest BCUT2D eigenvalue weighted by Crippen LogP contribution is -2.35. The van der Waals surface area contributed by atoms with Gasteiger partial charge in [0.15, 0.2) is 0 Å². The van der Waals surface area contributed by atoms with Crippen molar-refractivity contribution < 1.29 is 5.11 Å². The fourth-order valence-corrected chi connectivity index (χ4v) is 4.66. The monoisotopic (exact) mass is 335 g/mol. The van der Waals surface area contributed by atoms with Crippen molar-refractivity contribution >= 4 is 21.6 Å². The number of aromatic amines is 1. The van der Waals surface area contributed by atoms with Crippen molar-refractivity contribution in [1.29, 1.82) is 0 Å². The third-order valence-corrected chi connectivity index (χ3v) is 6.30. The van der Waals surface area contributed by atoms with E-state index in [0.29, 0.717) is 11.7 Å². The van der Waals surface area contributed by atoms with E-state index in [1.54, 1.807) is 11.3 Å². The van der Waals surface area contributed by atoms with Crippen molar-refractivity contribution in [2.45, 2.75) is 52.1 Å². The van der Waals surface area contributed by atoms with E-state index < -0.39 is 0 Å². The molecule has 5 nitrogen and oxygen atoms in total. The number of nitrogens with zero attached hydrogens (tertiary/aromatic N) is 2. The van der Waals surface area contributed by atoms with Gasteiger partial charge in [0, 0.05) is 10.9 Å². The number of fused-ring (bicyclic) bond motifs is 3. The molecule has 1 aliphatic rings. The number of aliphatic hydroxyl groups is 1. The molecule has 3 atom stereocenters. The number of H-pyrrole nitrogens is 1. The number of nitrogens with one attached hydrogen (secondary N) is 1. The van der Waals surface area contributed by atoms with E-state index in [4.69, 9.17) is 4.98 Å². The molecular formula is C17H25N3O2S. The van der Waals surface area contributed by atoms with Gasteiger partial charge in [-0.05, 0) is 51.6 Å². The van der Waals surface area contributed by atoms with Crippen molar-refractivity contribution in [2.75, 3.05) is 13.7 Å². The number of aryl methyl sites for hydroxylation is 1. The third-order valence-electron chi connectivity index (χ3n) is 5.15. The summed E-state index contributed by atoms with van der Waals surface area (Å²) in [4.78, 5) is 24.6. The van der Waals surface area contributed by atoms with E-state index >= 15 is 0 Å². The minimum Gasteiger partial charge on any atom is -0.395 e. The number of hydrogen-bond donors (Lipinski definition) is 2. The second-order valence-corrected chi connectivity index (χ2v) is 7.94. The maximum absolute atomic E-state index is 12.6. The number of rotatable bonds is 4. The van der Waals surface area contributed by atoms with Gasteiger partial charge in [-0.15, -0.1) is 11.3 Å². The Hall–Kier alpha value is -1.24. The van der Waals surface area contributed by atoms with Gasteiger partial charge in [0.1, 0.15) is 10.7 Å². The average molecular weight is 335 g/mol. The van der Waals surface area contributed by atoms with Crippen molar-refractivity contribution in [3.05, 3.63) is 26.6 Å². The van der Waals surface area contributed by atoms with Crippen LogP contribution in [0.5, 0.6) is 0 Å². The summed E-state index contributed by atoms with van der Waals surface area (Å²) in [5.41, 5.74) is 1.20. The lowest BCUT2D eigenvalue weighted by atomic mass is 9.89. The fourth-order valence-electron chi connectivity index (χ4n) is 3.27.